The Labute approximate surface area is 163 Å². The maximum Gasteiger partial charge on any atom is 0.264 e. The number of aromatic nitrogens is 1. The third-order valence-electron chi connectivity index (χ3n) is 6.14. The van der Waals surface area contributed by atoms with Crippen LogP contribution in [0.15, 0.2) is 48.5 Å². The Kier molecular flexibility index (Phi) is 3.48. The summed E-state index contributed by atoms with van der Waals surface area (Å²) in [6.07, 6.45) is 0.734. The van der Waals surface area contributed by atoms with Crippen molar-refractivity contribution in [2.45, 2.75) is 38.8 Å². The first kappa shape index (κ1) is 17.0. The van der Waals surface area contributed by atoms with Gasteiger partial charge in [0.2, 0.25) is 5.91 Å². The van der Waals surface area contributed by atoms with Crippen LogP contribution in [-0.4, -0.2) is 34.3 Å². The Balaban J connectivity index is 1.91. The summed E-state index contributed by atoms with van der Waals surface area (Å²) in [5.74, 6) is -0.135. The molecule has 5 rings (SSSR count). The van der Waals surface area contributed by atoms with E-state index in [-0.39, 0.29) is 17.9 Å². The topological polar surface area (TPSA) is 56.4 Å². The number of H-pyrrole nitrogens is 1. The molecule has 0 aliphatic carbocycles. The molecule has 28 heavy (non-hydrogen) atoms. The molecular formula is C23H23N3O2. The first-order chi connectivity index (χ1) is 13.5. The quantitative estimate of drug-likeness (QED) is 0.709. The standard InChI is InChI=1S/C23H23N3O2/c1-14(2)26-20-11-7-5-9-18(20)23(22(26)28)21-17(12-13-25(23)15(3)27)16-8-4-6-10-19(16)24-21/h4-11,14,24H,12-13H2,1-3H3. The average Bonchev–Trinajstić information content (AvgIpc) is 3.17. The van der Waals surface area contributed by atoms with Gasteiger partial charge in [-0.1, -0.05) is 36.4 Å². The monoisotopic (exact) mass is 373 g/mol. The second kappa shape index (κ2) is 5.71. The van der Waals surface area contributed by atoms with Crippen molar-refractivity contribution in [3.8, 4) is 0 Å². The maximum absolute atomic E-state index is 14.0. The van der Waals surface area contributed by atoms with Crippen molar-refractivity contribution in [3.05, 3.63) is 65.4 Å². The lowest BCUT2D eigenvalue weighted by Crippen LogP contribution is -2.59. The molecule has 1 atom stereocenters. The largest absolute Gasteiger partial charge is 0.355 e. The van der Waals surface area contributed by atoms with E-state index in [0.717, 1.165) is 39.8 Å². The number of nitrogens with one attached hydrogen (secondary N) is 1. The molecule has 1 unspecified atom stereocenters. The molecule has 5 heteroatoms. The van der Waals surface area contributed by atoms with Crippen molar-refractivity contribution < 1.29 is 9.59 Å². The number of carbonyl (C=O) groups excluding carboxylic acids is 2. The normalized spacial score (nSPS) is 20.9. The molecule has 0 saturated heterocycles. The first-order valence-corrected chi connectivity index (χ1v) is 9.79. The summed E-state index contributed by atoms with van der Waals surface area (Å²) in [4.78, 5) is 33.9. The molecule has 2 aromatic carbocycles. The molecule has 0 fully saturated rings. The van der Waals surface area contributed by atoms with Gasteiger partial charge in [0.25, 0.3) is 5.91 Å². The fourth-order valence-electron chi connectivity index (χ4n) is 5.09. The van der Waals surface area contributed by atoms with Gasteiger partial charge in [0, 0.05) is 36.0 Å². The van der Waals surface area contributed by atoms with Crippen LogP contribution in [0.5, 0.6) is 0 Å². The highest BCUT2D eigenvalue weighted by molar-refractivity contribution is 6.13. The molecule has 1 N–H and O–H groups in total. The van der Waals surface area contributed by atoms with Gasteiger partial charge >= 0.3 is 0 Å². The minimum absolute atomic E-state index is 0.00316. The summed E-state index contributed by atoms with van der Waals surface area (Å²) in [6.45, 7) is 6.11. The van der Waals surface area contributed by atoms with E-state index in [9.17, 15) is 9.59 Å². The molecule has 142 valence electrons. The van der Waals surface area contributed by atoms with Crippen LogP contribution in [0.3, 0.4) is 0 Å². The molecule has 1 spiro atoms. The number of hydrogen-bond donors (Lipinski definition) is 1. The van der Waals surface area contributed by atoms with Crippen LogP contribution in [0.25, 0.3) is 10.9 Å². The van der Waals surface area contributed by atoms with E-state index in [4.69, 9.17) is 0 Å². The molecular weight excluding hydrogens is 350 g/mol. The Morgan fingerprint density at radius 3 is 2.57 bits per heavy atom. The van der Waals surface area contributed by atoms with Gasteiger partial charge in [-0.25, -0.2) is 0 Å². The molecule has 0 saturated carbocycles. The van der Waals surface area contributed by atoms with E-state index < -0.39 is 5.54 Å². The van der Waals surface area contributed by atoms with E-state index in [1.807, 2.05) is 61.2 Å². The molecule has 3 heterocycles. The number of rotatable bonds is 1. The van der Waals surface area contributed by atoms with Gasteiger partial charge in [-0.05, 0) is 38.0 Å². The lowest BCUT2D eigenvalue weighted by atomic mass is 9.80. The van der Waals surface area contributed by atoms with Crippen LogP contribution in [0.4, 0.5) is 5.69 Å². The number of nitrogens with zero attached hydrogens (tertiary/aromatic N) is 2. The molecule has 0 radical (unpaired) electrons. The third kappa shape index (κ3) is 1.91. The summed E-state index contributed by atoms with van der Waals surface area (Å²) in [7, 11) is 0. The van der Waals surface area contributed by atoms with Gasteiger partial charge in [0.1, 0.15) is 0 Å². The predicted octanol–water partition coefficient (Wildman–Crippen LogP) is 3.57. The molecule has 2 aliphatic rings. The van der Waals surface area contributed by atoms with Crippen LogP contribution in [0.2, 0.25) is 0 Å². The number of amides is 2. The van der Waals surface area contributed by atoms with Gasteiger partial charge in [0.05, 0.1) is 11.4 Å². The number of anilines is 1. The zero-order chi connectivity index (χ0) is 19.6. The molecule has 1 aromatic heterocycles. The van der Waals surface area contributed by atoms with Crippen molar-refractivity contribution in [2.75, 3.05) is 11.4 Å². The number of hydrogen-bond acceptors (Lipinski definition) is 2. The zero-order valence-electron chi connectivity index (χ0n) is 16.3. The second-order valence-electron chi connectivity index (χ2n) is 7.94. The summed E-state index contributed by atoms with van der Waals surface area (Å²) in [6, 6.07) is 16.0. The first-order valence-electron chi connectivity index (χ1n) is 9.79. The van der Waals surface area contributed by atoms with Crippen molar-refractivity contribution in [2.24, 2.45) is 0 Å². The van der Waals surface area contributed by atoms with Crippen LogP contribution < -0.4 is 4.90 Å². The summed E-state index contributed by atoms with van der Waals surface area (Å²) in [5, 5.41) is 1.13. The Morgan fingerprint density at radius 2 is 1.82 bits per heavy atom. The Bertz CT molecular complexity index is 1130. The molecule has 5 nitrogen and oxygen atoms in total. The van der Waals surface area contributed by atoms with Crippen molar-refractivity contribution in [1.82, 2.24) is 9.88 Å². The lowest BCUT2D eigenvalue weighted by molar-refractivity contribution is -0.143. The van der Waals surface area contributed by atoms with Gasteiger partial charge < -0.3 is 14.8 Å². The Hall–Kier alpha value is -3.08. The number of aromatic amines is 1. The average molecular weight is 373 g/mol. The fraction of sp³-hybridized carbons (Fsp3) is 0.304. The SMILES string of the molecule is CC(=O)N1CCc2c([nH]c3ccccc23)C12C(=O)N(C(C)C)c1ccccc12. The van der Waals surface area contributed by atoms with Gasteiger partial charge in [-0.2, -0.15) is 0 Å². The van der Waals surface area contributed by atoms with E-state index in [1.54, 1.807) is 11.8 Å². The fourth-order valence-corrected chi connectivity index (χ4v) is 5.09. The minimum atomic E-state index is -1.13. The number of carbonyl (C=O) groups is 2. The van der Waals surface area contributed by atoms with Crippen molar-refractivity contribution >= 4 is 28.4 Å². The van der Waals surface area contributed by atoms with Crippen LogP contribution in [-0.2, 0) is 21.5 Å². The van der Waals surface area contributed by atoms with E-state index in [1.165, 1.54) is 0 Å². The highest BCUT2D eigenvalue weighted by atomic mass is 16.2. The minimum Gasteiger partial charge on any atom is -0.355 e. The van der Waals surface area contributed by atoms with Crippen LogP contribution in [0.1, 0.15) is 37.6 Å². The van der Waals surface area contributed by atoms with E-state index in [2.05, 4.69) is 11.1 Å². The number of para-hydroxylation sites is 2. The summed E-state index contributed by atoms with van der Waals surface area (Å²) >= 11 is 0. The molecule has 0 bridgehead atoms. The number of benzene rings is 2. The van der Waals surface area contributed by atoms with Crippen molar-refractivity contribution in [3.63, 3.8) is 0 Å². The lowest BCUT2D eigenvalue weighted by Gasteiger charge is -2.43. The maximum atomic E-state index is 14.0. The third-order valence-corrected chi connectivity index (χ3v) is 6.14. The predicted molar refractivity (Wildman–Crippen MR) is 109 cm³/mol. The summed E-state index contributed by atoms with van der Waals surface area (Å²) in [5.41, 5.74) is 3.64. The molecule has 3 aromatic rings. The Morgan fingerprint density at radius 1 is 1.11 bits per heavy atom. The van der Waals surface area contributed by atoms with E-state index >= 15 is 0 Å². The zero-order valence-corrected chi connectivity index (χ0v) is 16.3. The molecule has 2 aliphatic heterocycles. The van der Waals surface area contributed by atoms with Gasteiger partial charge in [-0.15, -0.1) is 0 Å². The smallest absolute Gasteiger partial charge is 0.264 e. The van der Waals surface area contributed by atoms with Gasteiger partial charge in [-0.3, -0.25) is 9.59 Å². The van der Waals surface area contributed by atoms with E-state index in [0.29, 0.717) is 6.54 Å². The van der Waals surface area contributed by atoms with Crippen LogP contribution >= 0.6 is 0 Å². The van der Waals surface area contributed by atoms with Crippen LogP contribution in [0, 0.1) is 0 Å². The summed E-state index contributed by atoms with van der Waals surface area (Å²) < 4.78 is 0. The highest BCUT2D eigenvalue weighted by Crippen LogP contribution is 2.52. The second-order valence-corrected chi connectivity index (χ2v) is 7.94. The highest BCUT2D eigenvalue weighted by Gasteiger charge is 2.60. The number of fused-ring (bicyclic) bond motifs is 6. The van der Waals surface area contributed by atoms with Gasteiger partial charge in [0.15, 0.2) is 5.54 Å². The molecule has 2 amide bonds. The van der Waals surface area contributed by atoms with Crippen molar-refractivity contribution in [1.29, 1.82) is 0 Å².